The number of hydrogen-bond donors (Lipinski definition) is 1. The highest BCUT2D eigenvalue weighted by molar-refractivity contribution is 6.31. The summed E-state index contributed by atoms with van der Waals surface area (Å²) in [4.78, 5) is 4.45. The average Bonchev–Trinajstić information content (AvgIpc) is 2.51. The minimum absolute atomic E-state index is 0.584. The lowest BCUT2D eigenvalue weighted by atomic mass is 9.92. The van der Waals surface area contributed by atoms with Crippen molar-refractivity contribution in [1.82, 2.24) is 10.3 Å². The smallest absolute Gasteiger partial charge is 0.219 e. The van der Waals surface area contributed by atoms with Crippen LogP contribution in [0.2, 0.25) is 5.02 Å². The SMILES string of the molecule is CNCc1nc(Oc2ccc3c(c2)CCCC3)ccc1Cl. The van der Waals surface area contributed by atoms with Crippen LogP contribution in [0.25, 0.3) is 0 Å². The molecule has 1 N–H and O–H groups in total. The van der Waals surface area contributed by atoms with Crippen LogP contribution >= 0.6 is 11.6 Å². The van der Waals surface area contributed by atoms with Gasteiger partial charge in [-0.05, 0) is 62.1 Å². The number of halogens is 1. The fourth-order valence-corrected chi connectivity index (χ4v) is 2.88. The zero-order valence-electron chi connectivity index (χ0n) is 12.2. The highest BCUT2D eigenvalue weighted by Gasteiger charge is 2.11. The minimum Gasteiger partial charge on any atom is -0.439 e. The van der Waals surface area contributed by atoms with Gasteiger partial charge in [-0.15, -0.1) is 0 Å². The Morgan fingerprint density at radius 1 is 1.14 bits per heavy atom. The number of rotatable bonds is 4. The monoisotopic (exact) mass is 302 g/mol. The first-order valence-electron chi connectivity index (χ1n) is 7.36. The molecule has 0 bridgehead atoms. The van der Waals surface area contributed by atoms with Gasteiger partial charge in [-0.2, -0.15) is 0 Å². The molecule has 110 valence electrons. The number of aromatic nitrogens is 1. The summed E-state index contributed by atoms with van der Waals surface area (Å²) in [5, 5.41) is 3.71. The minimum atomic E-state index is 0.584. The summed E-state index contributed by atoms with van der Waals surface area (Å²) in [5.74, 6) is 1.43. The number of benzene rings is 1. The summed E-state index contributed by atoms with van der Waals surface area (Å²) < 4.78 is 5.89. The second-order valence-corrected chi connectivity index (χ2v) is 5.76. The molecule has 0 amide bonds. The number of ether oxygens (including phenoxy) is 1. The Kier molecular flexibility index (Phi) is 4.42. The molecule has 1 aromatic carbocycles. The van der Waals surface area contributed by atoms with Gasteiger partial charge < -0.3 is 10.1 Å². The number of nitrogens with zero attached hydrogens (tertiary/aromatic N) is 1. The molecule has 0 atom stereocenters. The van der Waals surface area contributed by atoms with E-state index in [1.807, 2.05) is 19.2 Å². The third-order valence-corrected chi connectivity index (χ3v) is 4.12. The summed E-state index contributed by atoms with van der Waals surface area (Å²) in [6, 6.07) is 9.98. The molecule has 3 nitrogen and oxygen atoms in total. The molecule has 3 rings (SSSR count). The molecule has 2 aromatic rings. The van der Waals surface area contributed by atoms with Crippen LogP contribution in [-0.2, 0) is 19.4 Å². The Bertz CT molecular complexity index is 643. The first kappa shape index (κ1) is 14.4. The lowest BCUT2D eigenvalue weighted by Crippen LogP contribution is -2.08. The number of nitrogens with one attached hydrogen (secondary N) is 1. The van der Waals surface area contributed by atoms with E-state index in [0.717, 1.165) is 17.9 Å². The highest BCUT2D eigenvalue weighted by atomic mass is 35.5. The number of pyridine rings is 1. The topological polar surface area (TPSA) is 34.2 Å². The third kappa shape index (κ3) is 3.36. The molecule has 4 heteroatoms. The summed E-state index contributed by atoms with van der Waals surface area (Å²) in [6.45, 7) is 0.625. The first-order chi connectivity index (χ1) is 10.3. The number of fused-ring (bicyclic) bond motifs is 1. The van der Waals surface area contributed by atoms with E-state index in [1.54, 1.807) is 6.07 Å². The van der Waals surface area contributed by atoms with Gasteiger partial charge in [0.1, 0.15) is 5.75 Å². The van der Waals surface area contributed by atoms with Crippen LogP contribution < -0.4 is 10.1 Å². The second-order valence-electron chi connectivity index (χ2n) is 5.35. The van der Waals surface area contributed by atoms with Gasteiger partial charge in [-0.1, -0.05) is 17.7 Å². The maximum Gasteiger partial charge on any atom is 0.219 e. The lowest BCUT2D eigenvalue weighted by molar-refractivity contribution is 0.458. The Morgan fingerprint density at radius 3 is 2.76 bits per heavy atom. The molecular weight excluding hydrogens is 284 g/mol. The summed E-state index contributed by atoms with van der Waals surface area (Å²) in [7, 11) is 1.87. The van der Waals surface area contributed by atoms with E-state index in [2.05, 4.69) is 22.4 Å². The van der Waals surface area contributed by atoms with E-state index < -0.39 is 0 Å². The van der Waals surface area contributed by atoms with Crippen LogP contribution in [0.5, 0.6) is 11.6 Å². The predicted octanol–water partition coefficient (Wildman–Crippen LogP) is 4.13. The molecule has 0 spiro atoms. The van der Waals surface area contributed by atoms with Gasteiger partial charge in [0.2, 0.25) is 5.88 Å². The second kappa shape index (κ2) is 6.46. The molecule has 0 unspecified atom stereocenters. The molecular formula is C17H19ClN2O. The normalized spacial score (nSPS) is 13.8. The fraction of sp³-hybridized carbons (Fsp3) is 0.353. The molecule has 0 saturated heterocycles. The first-order valence-corrected chi connectivity index (χ1v) is 7.74. The van der Waals surface area contributed by atoms with E-state index in [0.29, 0.717) is 17.4 Å². The van der Waals surface area contributed by atoms with Gasteiger partial charge in [-0.25, -0.2) is 4.98 Å². The van der Waals surface area contributed by atoms with E-state index in [-0.39, 0.29) is 0 Å². The van der Waals surface area contributed by atoms with Crippen molar-refractivity contribution in [2.75, 3.05) is 7.05 Å². The van der Waals surface area contributed by atoms with Crippen molar-refractivity contribution >= 4 is 11.6 Å². The van der Waals surface area contributed by atoms with Gasteiger partial charge in [-0.3, -0.25) is 0 Å². The van der Waals surface area contributed by atoms with Crippen LogP contribution in [0.15, 0.2) is 30.3 Å². The summed E-state index contributed by atoms with van der Waals surface area (Å²) in [6.07, 6.45) is 4.88. The standard InChI is InChI=1S/C17H19ClN2O/c1-19-11-16-15(18)8-9-17(20-16)21-14-7-6-12-4-2-3-5-13(12)10-14/h6-10,19H,2-5,11H2,1H3. The molecule has 1 aromatic heterocycles. The van der Waals surface area contributed by atoms with Gasteiger partial charge >= 0.3 is 0 Å². The van der Waals surface area contributed by atoms with E-state index in [9.17, 15) is 0 Å². The molecule has 0 saturated carbocycles. The zero-order valence-corrected chi connectivity index (χ0v) is 12.9. The Balaban J connectivity index is 1.81. The molecule has 1 heterocycles. The lowest BCUT2D eigenvalue weighted by Gasteiger charge is -2.16. The van der Waals surface area contributed by atoms with Gasteiger partial charge in [0.05, 0.1) is 10.7 Å². The van der Waals surface area contributed by atoms with Crippen molar-refractivity contribution in [3.63, 3.8) is 0 Å². The van der Waals surface area contributed by atoms with E-state index in [4.69, 9.17) is 16.3 Å². The summed E-state index contributed by atoms with van der Waals surface area (Å²) >= 11 is 6.11. The maximum absolute atomic E-state index is 6.11. The average molecular weight is 303 g/mol. The van der Waals surface area contributed by atoms with Crippen LogP contribution in [0.1, 0.15) is 29.7 Å². The quantitative estimate of drug-likeness (QED) is 0.922. The molecule has 0 radical (unpaired) electrons. The Hall–Kier alpha value is -1.58. The van der Waals surface area contributed by atoms with Crippen molar-refractivity contribution in [3.05, 3.63) is 52.2 Å². The van der Waals surface area contributed by atoms with Crippen LogP contribution in [0, 0.1) is 0 Å². The molecule has 0 aliphatic heterocycles. The number of hydrogen-bond acceptors (Lipinski definition) is 3. The van der Waals surface area contributed by atoms with Crippen LogP contribution in [0.4, 0.5) is 0 Å². The predicted molar refractivity (Wildman–Crippen MR) is 85.2 cm³/mol. The molecule has 0 fully saturated rings. The highest BCUT2D eigenvalue weighted by Crippen LogP contribution is 2.28. The maximum atomic E-state index is 6.11. The largest absolute Gasteiger partial charge is 0.439 e. The zero-order chi connectivity index (χ0) is 14.7. The van der Waals surface area contributed by atoms with Crippen molar-refractivity contribution in [2.45, 2.75) is 32.2 Å². The molecule has 1 aliphatic carbocycles. The van der Waals surface area contributed by atoms with E-state index in [1.165, 1.54) is 30.4 Å². The summed E-state index contributed by atoms with van der Waals surface area (Å²) in [5.41, 5.74) is 3.66. The number of aryl methyl sites for hydroxylation is 2. The van der Waals surface area contributed by atoms with Crippen molar-refractivity contribution in [3.8, 4) is 11.6 Å². The van der Waals surface area contributed by atoms with Gasteiger partial charge in [0.15, 0.2) is 0 Å². The Labute approximate surface area is 130 Å². The molecule has 21 heavy (non-hydrogen) atoms. The van der Waals surface area contributed by atoms with Crippen molar-refractivity contribution in [1.29, 1.82) is 0 Å². The van der Waals surface area contributed by atoms with Crippen LogP contribution in [-0.4, -0.2) is 12.0 Å². The van der Waals surface area contributed by atoms with Crippen LogP contribution in [0.3, 0.4) is 0 Å². The van der Waals surface area contributed by atoms with E-state index >= 15 is 0 Å². The van der Waals surface area contributed by atoms with Crippen molar-refractivity contribution < 1.29 is 4.74 Å². The molecule has 1 aliphatic rings. The van der Waals surface area contributed by atoms with Gasteiger partial charge in [0, 0.05) is 12.6 Å². The Morgan fingerprint density at radius 2 is 1.95 bits per heavy atom. The van der Waals surface area contributed by atoms with Crippen molar-refractivity contribution in [2.24, 2.45) is 0 Å². The fourth-order valence-electron chi connectivity index (χ4n) is 2.71. The van der Waals surface area contributed by atoms with Gasteiger partial charge in [0.25, 0.3) is 0 Å². The third-order valence-electron chi connectivity index (χ3n) is 3.78.